The molecule has 1 fully saturated rings. The van der Waals surface area contributed by atoms with Crippen molar-refractivity contribution >= 4 is 17.5 Å². The van der Waals surface area contributed by atoms with Crippen molar-refractivity contribution in [3.05, 3.63) is 28.7 Å². The number of hydrogen-bond donors (Lipinski definition) is 2. The largest absolute Gasteiger partial charge is 0.398 e. The van der Waals surface area contributed by atoms with Gasteiger partial charge in [-0.05, 0) is 18.9 Å². The van der Waals surface area contributed by atoms with Gasteiger partial charge in [-0.2, -0.15) is 0 Å². The molecule has 0 saturated carbocycles. The van der Waals surface area contributed by atoms with Gasteiger partial charge < -0.3 is 20.9 Å². The van der Waals surface area contributed by atoms with Gasteiger partial charge in [0.15, 0.2) is 0 Å². The third-order valence-electron chi connectivity index (χ3n) is 3.56. The molecular weight excluding hydrogens is 260 g/mol. The number of primary amides is 1. The standard InChI is InChI=1S/C13H18N4O3/c14-10-1-2-11(18)17(7-10)8-12(19)16-5-3-9(4-6-16)13(15)20/h1-2,7,9H,3-6,8,14H2,(H2,15,20). The van der Waals surface area contributed by atoms with E-state index in [1.54, 1.807) is 4.90 Å². The highest BCUT2D eigenvalue weighted by Crippen LogP contribution is 2.16. The van der Waals surface area contributed by atoms with E-state index in [-0.39, 0.29) is 29.8 Å². The minimum absolute atomic E-state index is 0.0366. The Bertz CT molecular complexity index is 573. The number of anilines is 1. The highest BCUT2D eigenvalue weighted by molar-refractivity contribution is 5.78. The third-order valence-corrected chi connectivity index (χ3v) is 3.56. The second-order valence-corrected chi connectivity index (χ2v) is 4.99. The van der Waals surface area contributed by atoms with Gasteiger partial charge in [-0.25, -0.2) is 0 Å². The smallest absolute Gasteiger partial charge is 0.251 e. The second kappa shape index (κ2) is 5.77. The van der Waals surface area contributed by atoms with Crippen LogP contribution in [0.15, 0.2) is 23.1 Å². The first-order valence-corrected chi connectivity index (χ1v) is 6.50. The van der Waals surface area contributed by atoms with Gasteiger partial charge in [-0.3, -0.25) is 14.4 Å². The van der Waals surface area contributed by atoms with Crippen molar-refractivity contribution in [1.82, 2.24) is 9.47 Å². The fourth-order valence-corrected chi connectivity index (χ4v) is 2.33. The SMILES string of the molecule is NC(=O)C1CCN(C(=O)Cn2cc(N)ccc2=O)CC1. The predicted molar refractivity (Wildman–Crippen MR) is 73.6 cm³/mol. The van der Waals surface area contributed by atoms with Crippen LogP contribution in [0.4, 0.5) is 5.69 Å². The normalized spacial score (nSPS) is 16.1. The van der Waals surface area contributed by atoms with E-state index in [9.17, 15) is 14.4 Å². The van der Waals surface area contributed by atoms with Crippen LogP contribution >= 0.6 is 0 Å². The number of carbonyl (C=O) groups is 2. The van der Waals surface area contributed by atoms with Crippen molar-refractivity contribution in [2.75, 3.05) is 18.8 Å². The molecule has 2 amide bonds. The van der Waals surface area contributed by atoms with Crippen LogP contribution in [0.1, 0.15) is 12.8 Å². The van der Waals surface area contributed by atoms with Crippen LogP contribution in [-0.4, -0.2) is 34.4 Å². The highest BCUT2D eigenvalue weighted by Gasteiger charge is 2.25. The molecule has 7 nitrogen and oxygen atoms in total. The molecule has 1 aliphatic rings. The van der Waals surface area contributed by atoms with Crippen molar-refractivity contribution in [2.45, 2.75) is 19.4 Å². The van der Waals surface area contributed by atoms with E-state index in [2.05, 4.69) is 0 Å². The summed E-state index contributed by atoms with van der Waals surface area (Å²) in [5.74, 6) is -0.626. The lowest BCUT2D eigenvalue weighted by Crippen LogP contribution is -2.43. The average molecular weight is 278 g/mol. The van der Waals surface area contributed by atoms with Crippen LogP contribution < -0.4 is 17.0 Å². The van der Waals surface area contributed by atoms with E-state index in [0.29, 0.717) is 31.6 Å². The van der Waals surface area contributed by atoms with Crippen molar-refractivity contribution < 1.29 is 9.59 Å². The van der Waals surface area contributed by atoms with Gasteiger partial charge in [0, 0.05) is 37.0 Å². The molecule has 1 aromatic heterocycles. The van der Waals surface area contributed by atoms with Gasteiger partial charge in [0.1, 0.15) is 6.54 Å². The Morgan fingerprint density at radius 3 is 2.50 bits per heavy atom. The summed E-state index contributed by atoms with van der Waals surface area (Å²) < 4.78 is 1.29. The lowest BCUT2D eigenvalue weighted by atomic mass is 9.96. The van der Waals surface area contributed by atoms with E-state index in [1.165, 1.54) is 22.9 Å². The van der Waals surface area contributed by atoms with E-state index >= 15 is 0 Å². The van der Waals surface area contributed by atoms with Gasteiger partial charge in [0.2, 0.25) is 11.8 Å². The van der Waals surface area contributed by atoms with E-state index in [1.807, 2.05) is 0 Å². The number of likely N-dealkylation sites (tertiary alicyclic amines) is 1. The van der Waals surface area contributed by atoms with Crippen molar-refractivity contribution in [1.29, 1.82) is 0 Å². The zero-order valence-corrected chi connectivity index (χ0v) is 11.1. The number of piperidine rings is 1. The summed E-state index contributed by atoms with van der Waals surface area (Å²) in [6, 6.07) is 2.84. The molecule has 1 aliphatic heterocycles. The summed E-state index contributed by atoms with van der Waals surface area (Å²) >= 11 is 0. The molecule has 4 N–H and O–H groups in total. The molecule has 108 valence electrons. The monoisotopic (exact) mass is 278 g/mol. The molecular formula is C13H18N4O3. The first-order chi connectivity index (χ1) is 9.47. The summed E-state index contributed by atoms with van der Waals surface area (Å²) in [7, 11) is 0. The molecule has 7 heteroatoms. The molecule has 0 bridgehead atoms. The number of pyridine rings is 1. The van der Waals surface area contributed by atoms with Crippen LogP contribution in [0, 0.1) is 5.92 Å². The fourth-order valence-electron chi connectivity index (χ4n) is 2.33. The van der Waals surface area contributed by atoms with Crippen LogP contribution in [0.3, 0.4) is 0 Å². The molecule has 0 unspecified atom stereocenters. The minimum Gasteiger partial charge on any atom is -0.398 e. The van der Waals surface area contributed by atoms with Gasteiger partial charge in [0.25, 0.3) is 5.56 Å². The maximum Gasteiger partial charge on any atom is 0.251 e. The zero-order valence-electron chi connectivity index (χ0n) is 11.1. The van der Waals surface area contributed by atoms with Gasteiger partial charge in [-0.15, -0.1) is 0 Å². The summed E-state index contributed by atoms with van der Waals surface area (Å²) in [5.41, 5.74) is 11.0. The minimum atomic E-state index is -0.316. The van der Waals surface area contributed by atoms with Crippen LogP contribution in [-0.2, 0) is 16.1 Å². The van der Waals surface area contributed by atoms with Crippen molar-refractivity contribution in [2.24, 2.45) is 11.7 Å². The lowest BCUT2D eigenvalue weighted by Gasteiger charge is -2.30. The first-order valence-electron chi connectivity index (χ1n) is 6.50. The number of nitrogens with two attached hydrogens (primary N) is 2. The Hall–Kier alpha value is -2.31. The summed E-state index contributed by atoms with van der Waals surface area (Å²) in [6.07, 6.45) is 2.61. The number of hydrogen-bond acceptors (Lipinski definition) is 4. The van der Waals surface area contributed by atoms with Crippen LogP contribution in [0.2, 0.25) is 0 Å². The molecule has 20 heavy (non-hydrogen) atoms. The molecule has 1 saturated heterocycles. The number of rotatable bonds is 3. The first kappa shape index (κ1) is 14.1. The van der Waals surface area contributed by atoms with Gasteiger partial charge >= 0.3 is 0 Å². The Labute approximate surface area is 116 Å². The molecule has 0 atom stereocenters. The summed E-state index contributed by atoms with van der Waals surface area (Å²) in [4.78, 5) is 36.4. The second-order valence-electron chi connectivity index (χ2n) is 4.99. The van der Waals surface area contributed by atoms with Crippen molar-refractivity contribution in [3.8, 4) is 0 Å². The Morgan fingerprint density at radius 2 is 1.90 bits per heavy atom. The highest BCUT2D eigenvalue weighted by atomic mass is 16.2. The molecule has 0 aliphatic carbocycles. The van der Waals surface area contributed by atoms with Crippen LogP contribution in [0.25, 0.3) is 0 Å². The molecule has 1 aromatic rings. The van der Waals surface area contributed by atoms with Crippen LogP contribution in [0.5, 0.6) is 0 Å². The molecule has 2 rings (SSSR count). The number of nitrogen functional groups attached to an aromatic ring is 1. The fraction of sp³-hybridized carbons (Fsp3) is 0.462. The summed E-state index contributed by atoms with van der Waals surface area (Å²) in [6.45, 7) is 0.943. The molecule has 0 radical (unpaired) electrons. The third kappa shape index (κ3) is 3.17. The maximum absolute atomic E-state index is 12.1. The molecule has 0 aromatic carbocycles. The maximum atomic E-state index is 12.1. The van der Waals surface area contributed by atoms with E-state index in [4.69, 9.17) is 11.5 Å². The lowest BCUT2D eigenvalue weighted by molar-refractivity contribution is -0.135. The van der Waals surface area contributed by atoms with E-state index < -0.39 is 0 Å². The van der Waals surface area contributed by atoms with Gasteiger partial charge in [0.05, 0.1) is 0 Å². The molecule has 0 spiro atoms. The average Bonchev–Trinajstić information content (AvgIpc) is 2.43. The number of carbonyl (C=O) groups excluding carboxylic acids is 2. The summed E-state index contributed by atoms with van der Waals surface area (Å²) in [5, 5.41) is 0. The Balaban J connectivity index is 1.98. The number of nitrogens with zero attached hydrogens (tertiary/aromatic N) is 2. The quantitative estimate of drug-likeness (QED) is 0.750. The Morgan fingerprint density at radius 1 is 1.25 bits per heavy atom. The van der Waals surface area contributed by atoms with E-state index in [0.717, 1.165) is 0 Å². The zero-order chi connectivity index (χ0) is 14.7. The topological polar surface area (TPSA) is 111 Å². The molecule has 2 heterocycles. The number of amides is 2. The van der Waals surface area contributed by atoms with Gasteiger partial charge in [-0.1, -0.05) is 0 Å². The number of aromatic nitrogens is 1. The van der Waals surface area contributed by atoms with Crippen molar-refractivity contribution in [3.63, 3.8) is 0 Å². The Kier molecular flexibility index (Phi) is 4.07. The predicted octanol–water partition coefficient (Wildman–Crippen LogP) is -0.846.